The lowest BCUT2D eigenvalue weighted by molar-refractivity contribution is 0.200. The van der Waals surface area contributed by atoms with E-state index in [1.807, 2.05) is 0 Å². The monoisotopic (exact) mass is 371 g/mol. The number of guanidine groups is 1. The molecule has 0 N–H and O–H groups in total. The van der Waals surface area contributed by atoms with Crippen molar-refractivity contribution < 1.29 is 0 Å². The van der Waals surface area contributed by atoms with Crippen molar-refractivity contribution >= 4 is 5.96 Å². The Morgan fingerprint density at radius 1 is 1.00 bits per heavy atom. The van der Waals surface area contributed by atoms with Gasteiger partial charge >= 0.3 is 0 Å². The quantitative estimate of drug-likeness (QED) is 0.642. The third kappa shape index (κ3) is 3.53. The fourth-order valence-electron chi connectivity index (χ4n) is 7.46. The van der Waals surface area contributed by atoms with Gasteiger partial charge in [-0.05, 0) is 74.5 Å². The van der Waals surface area contributed by atoms with Crippen molar-refractivity contribution in [1.29, 1.82) is 0 Å². The molecule has 5 aliphatic rings. The first kappa shape index (κ1) is 18.3. The molecule has 0 amide bonds. The van der Waals surface area contributed by atoms with Gasteiger partial charge in [0.05, 0.1) is 12.6 Å². The molecule has 0 aromatic carbocycles. The highest BCUT2D eigenvalue weighted by Gasteiger charge is 2.45. The predicted molar refractivity (Wildman–Crippen MR) is 113 cm³/mol. The molecule has 2 aliphatic heterocycles. The Labute approximate surface area is 167 Å². The van der Waals surface area contributed by atoms with E-state index in [0.29, 0.717) is 6.04 Å². The van der Waals surface area contributed by atoms with E-state index in [2.05, 4.69) is 23.6 Å². The Bertz CT molecular complexity index is 550. The van der Waals surface area contributed by atoms with E-state index < -0.39 is 0 Å². The van der Waals surface area contributed by atoms with Crippen LogP contribution in [0.4, 0.5) is 0 Å². The van der Waals surface area contributed by atoms with Crippen LogP contribution < -0.4 is 0 Å². The Hall–Kier alpha value is -0.730. The lowest BCUT2D eigenvalue weighted by atomic mass is 9.83. The van der Waals surface area contributed by atoms with Crippen molar-refractivity contribution in [2.75, 3.05) is 19.6 Å². The summed E-state index contributed by atoms with van der Waals surface area (Å²) in [5, 5.41) is 0. The lowest BCUT2D eigenvalue weighted by Gasteiger charge is -2.33. The molecule has 0 radical (unpaired) electrons. The second-order valence-electron chi connectivity index (χ2n) is 11.0. The number of aliphatic imine (C=N–C) groups is 1. The second-order valence-corrected chi connectivity index (χ2v) is 11.0. The minimum atomic E-state index is 0.716. The summed E-state index contributed by atoms with van der Waals surface area (Å²) in [5.41, 5.74) is 0. The number of rotatable bonds is 6. The van der Waals surface area contributed by atoms with Crippen LogP contribution in [0.3, 0.4) is 0 Å². The summed E-state index contributed by atoms with van der Waals surface area (Å²) in [6.07, 6.45) is 16.2. The highest BCUT2D eigenvalue weighted by Crippen LogP contribution is 2.49. The van der Waals surface area contributed by atoms with Gasteiger partial charge in [-0.1, -0.05) is 39.5 Å². The van der Waals surface area contributed by atoms with Gasteiger partial charge in [0.2, 0.25) is 0 Å². The van der Waals surface area contributed by atoms with Crippen LogP contribution >= 0.6 is 0 Å². The average Bonchev–Trinajstić information content (AvgIpc) is 3.41. The Morgan fingerprint density at radius 2 is 1.85 bits per heavy atom. The summed E-state index contributed by atoms with van der Waals surface area (Å²) in [5.74, 6) is 6.27. The SMILES string of the molecule is CC(C)C[C@@H]1CN2C(=NC[C@H]2C2CCCCC2)N1CCC1CC2CCC1C2. The fourth-order valence-corrected chi connectivity index (χ4v) is 7.46. The van der Waals surface area contributed by atoms with Crippen LogP contribution in [0.5, 0.6) is 0 Å². The molecule has 0 spiro atoms. The molecule has 5 atom stereocenters. The van der Waals surface area contributed by atoms with E-state index in [4.69, 9.17) is 4.99 Å². The predicted octanol–water partition coefficient (Wildman–Crippen LogP) is 5.16. The normalized spacial score (nSPS) is 38.9. The van der Waals surface area contributed by atoms with Gasteiger partial charge < -0.3 is 9.80 Å². The molecule has 2 bridgehead atoms. The maximum Gasteiger partial charge on any atom is 0.197 e. The van der Waals surface area contributed by atoms with Gasteiger partial charge in [0.1, 0.15) is 0 Å². The van der Waals surface area contributed by atoms with Crippen molar-refractivity contribution in [3.63, 3.8) is 0 Å². The van der Waals surface area contributed by atoms with Crippen LogP contribution in [0.15, 0.2) is 4.99 Å². The molecule has 5 rings (SSSR count). The van der Waals surface area contributed by atoms with Crippen LogP contribution in [-0.4, -0.2) is 47.5 Å². The number of hydrogen-bond acceptors (Lipinski definition) is 3. The molecule has 3 nitrogen and oxygen atoms in total. The molecule has 0 aromatic rings. The minimum Gasteiger partial charge on any atom is -0.338 e. The first-order valence-corrected chi connectivity index (χ1v) is 12.3. The van der Waals surface area contributed by atoms with E-state index in [1.54, 1.807) is 6.42 Å². The average molecular weight is 372 g/mol. The maximum atomic E-state index is 5.15. The Kier molecular flexibility index (Phi) is 5.15. The topological polar surface area (TPSA) is 18.8 Å². The van der Waals surface area contributed by atoms with E-state index in [-0.39, 0.29) is 0 Å². The Morgan fingerprint density at radius 3 is 2.56 bits per heavy atom. The van der Waals surface area contributed by atoms with Crippen LogP contribution in [0.1, 0.15) is 84.5 Å². The number of nitrogens with zero attached hydrogens (tertiary/aromatic N) is 3. The highest BCUT2D eigenvalue weighted by atomic mass is 15.5. The molecular weight excluding hydrogens is 330 g/mol. The number of hydrogen-bond donors (Lipinski definition) is 0. The van der Waals surface area contributed by atoms with Gasteiger partial charge in [-0.2, -0.15) is 0 Å². The summed E-state index contributed by atoms with van der Waals surface area (Å²) in [4.78, 5) is 10.7. The summed E-state index contributed by atoms with van der Waals surface area (Å²) < 4.78 is 0. The van der Waals surface area contributed by atoms with Crippen molar-refractivity contribution in [3.05, 3.63) is 0 Å². The summed E-state index contributed by atoms with van der Waals surface area (Å²) in [7, 11) is 0. The number of fused-ring (bicyclic) bond motifs is 3. The molecule has 3 unspecified atom stereocenters. The molecule has 152 valence electrons. The molecule has 3 saturated carbocycles. The third-order valence-electron chi connectivity index (χ3n) is 8.74. The third-order valence-corrected chi connectivity index (χ3v) is 8.74. The highest BCUT2D eigenvalue weighted by molar-refractivity contribution is 5.84. The minimum absolute atomic E-state index is 0.716. The van der Waals surface area contributed by atoms with Gasteiger partial charge in [-0.25, -0.2) is 0 Å². The molecular formula is C24H41N3. The zero-order valence-corrected chi connectivity index (χ0v) is 17.8. The standard InChI is InChI=1S/C24H41N3/c1-17(2)12-22-16-27-23(19-6-4-3-5-7-19)15-25-24(27)26(22)11-10-21-14-18-8-9-20(21)13-18/h17-23H,3-16H2,1-2H3/t18?,20?,21?,22-,23+/m1/s1. The fraction of sp³-hybridized carbons (Fsp3) is 0.958. The van der Waals surface area contributed by atoms with Crippen molar-refractivity contribution in [3.8, 4) is 0 Å². The van der Waals surface area contributed by atoms with E-state index in [0.717, 1.165) is 42.2 Å². The summed E-state index contributed by atoms with van der Waals surface area (Å²) in [6.45, 7) is 8.42. The van der Waals surface area contributed by atoms with Crippen LogP contribution in [0.25, 0.3) is 0 Å². The lowest BCUT2D eigenvalue weighted by Crippen LogP contribution is -2.41. The smallest absolute Gasteiger partial charge is 0.197 e. The molecule has 3 heteroatoms. The molecule has 0 aromatic heterocycles. The van der Waals surface area contributed by atoms with E-state index in [1.165, 1.54) is 83.3 Å². The van der Waals surface area contributed by atoms with Gasteiger partial charge in [0, 0.05) is 19.1 Å². The largest absolute Gasteiger partial charge is 0.338 e. The molecule has 2 heterocycles. The first-order chi connectivity index (χ1) is 13.2. The second kappa shape index (κ2) is 7.59. The van der Waals surface area contributed by atoms with E-state index >= 15 is 0 Å². The maximum absolute atomic E-state index is 5.15. The zero-order chi connectivity index (χ0) is 18.4. The van der Waals surface area contributed by atoms with Crippen molar-refractivity contribution in [2.24, 2.45) is 34.6 Å². The molecule has 27 heavy (non-hydrogen) atoms. The van der Waals surface area contributed by atoms with Gasteiger partial charge in [-0.15, -0.1) is 0 Å². The van der Waals surface area contributed by atoms with Crippen LogP contribution in [0, 0.1) is 29.6 Å². The van der Waals surface area contributed by atoms with Gasteiger partial charge in [0.15, 0.2) is 5.96 Å². The molecule has 1 saturated heterocycles. The van der Waals surface area contributed by atoms with Gasteiger partial charge in [0.25, 0.3) is 0 Å². The first-order valence-electron chi connectivity index (χ1n) is 12.3. The van der Waals surface area contributed by atoms with Crippen LogP contribution in [-0.2, 0) is 0 Å². The Balaban J connectivity index is 1.25. The molecule has 4 fully saturated rings. The zero-order valence-electron chi connectivity index (χ0n) is 17.8. The summed E-state index contributed by atoms with van der Waals surface area (Å²) >= 11 is 0. The van der Waals surface area contributed by atoms with Crippen LogP contribution in [0.2, 0.25) is 0 Å². The summed E-state index contributed by atoms with van der Waals surface area (Å²) in [6, 6.07) is 1.44. The van der Waals surface area contributed by atoms with Crippen molar-refractivity contribution in [2.45, 2.75) is 96.6 Å². The molecule has 3 aliphatic carbocycles. The van der Waals surface area contributed by atoms with Crippen molar-refractivity contribution in [1.82, 2.24) is 9.80 Å². The van der Waals surface area contributed by atoms with E-state index in [9.17, 15) is 0 Å². The van der Waals surface area contributed by atoms with Gasteiger partial charge in [-0.3, -0.25) is 4.99 Å².